The normalized spacial score (nSPS) is 17.5. The third-order valence-corrected chi connectivity index (χ3v) is 4.46. The first-order chi connectivity index (χ1) is 11.2. The van der Waals surface area contributed by atoms with Crippen LogP contribution >= 0.6 is 0 Å². The summed E-state index contributed by atoms with van der Waals surface area (Å²) in [4.78, 5) is 19.1. The maximum atomic E-state index is 12.4. The molecule has 0 bridgehead atoms. The van der Waals surface area contributed by atoms with Crippen LogP contribution in [0.15, 0.2) is 42.5 Å². The van der Waals surface area contributed by atoms with Gasteiger partial charge in [0.05, 0.1) is 11.7 Å². The van der Waals surface area contributed by atoms with Gasteiger partial charge in [0, 0.05) is 18.7 Å². The topological polar surface area (TPSA) is 33.2 Å². The van der Waals surface area contributed by atoms with E-state index < -0.39 is 0 Å². The smallest absolute Gasteiger partial charge is 0.223 e. The number of hydrogen-bond acceptors (Lipinski definition) is 2. The Balaban J connectivity index is 1.93. The Morgan fingerprint density at radius 2 is 2.00 bits per heavy atom. The SMILES string of the molecule is CCCC(=O)N1CCCC1c1cc(-c2ccccc2)cc(C)n1. The summed E-state index contributed by atoms with van der Waals surface area (Å²) in [6, 6.07) is 14.8. The minimum Gasteiger partial charge on any atom is -0.334 e. The summed E-state index contributed by atoms with van der Waals surface area (Å²) < 4.78 is 0. The Morgan fingerprint density at radius 3 is 2.74 bits per heavy atom. The molecule has 3 heteroatoms. The summed E-state index contributed by atoms with van der Waals surface area (Å²) in [7, 11) is 0. The van der Waals surface area contributed by atoms with E-state index in [0.717, 1.165) is 37.2 Å². The van der Waals surface area contributed by atoms with Crippen LogP contribution in [-0.4, -0.2) is 22.3 Å². The summed E-state index contributed by atoms with van der Waals surface area (Å²) in [6.45, 7) is 4.95. The molecular weight excluding hydrogens is 284 g/mol. The standard InChI is InChI=1S/C20H24N2O/c1-3-8-20(23)22-12-7-11-19(22)18-14-17(13-15(2)21-18)16-9-5-4-6-10-16/h4-6,9-10,13-14,19H,3,7-8,11-12H2,1-2H3. The van der Waals surface area contributed by atoms with Gasteiger partial charge in [-0.1, -0.05) is 37.3 Å². The monoisotopic (exact) mass is 308 g/mol. The number of nitrogens with zero attached hydrogens (tertiary/aromatic N) is 2. The Morgan fingerprint density at radius 1 is 1.22 bits per heavy atom. The Labute approximate surface area is 138 Å². The van der Waals surface area contributed by atoms with Crippen molar-refractivity contribution in [2.75, 3.05) is 6.54 Å². The van der Waals surface area contributed by atoms with Crippen molar-refractivity contribution in [2.45, 2.75) is 45.6 Å². The zero-order chi connectivity index (χ0) is 16.2. The summed E-state index contributed by atoms with van der Waals surface area (Å²) >= 11 is 0. The molecule has 1 aromatic heterocycles. The van der Waals surface area contributed by atoms with E-state index in [0.29, 0.717) is 6.42 Å². The number of rotatable bonds is 4. The van der Waals surface area contributed by atoms with Gasteiger partial charge in [-0.2, -0.15) is 0 Å². The highest BCUT2D eigenvalue weighted by molar-refractivity contribution is 5.77. The Bertz CT molecular complexity index is 681. The molecule has 0 saturated carbocycles. The van der Waals surface area contributed by atoms with Gasteiger partial charge in [-0.15, -0.1) is 0 Å². The van der Waals surface area contributed by atoms with Crippen molar-refractivity contribution < 1.29 is 4.79 Å². The average molecular weight is 308 g/mol. The number of aromatic nitrogens is 1. The fourth-order valence-electron chi connectivity index (χ4n) is 3.39. The second-order valence-corrected chi connectivity index (χ2v) is 6.28. The second-order valence-electron chi connectivity index (χ2n) is 6.28. The summed E-state index contributed by atoms with van der Waals surface area (Å²) in [5, 5.41) is 0. The van der Waals surface area contributed by atoms with Crippen molar-refractivity contribution in [3.8, 4) is 11.1 Å². The van der Waals surface area contributed by atoms with Crippen molar-refractivity contribution in [3.63, 3.8) is 0 Å². The molecule has 23 heavy (non-hydrogen) atoms. The van der Waals surface area contributed by atoms with E-state index in [1.807, 2.05) is 17.9 Å². The molecular formula is C20H24N2O. The van der Waals surface area contributed by atoms with E-state index in [4.69, 9.17) is 4.98 Å². The third kappa shape index (κ3) is 3.44. The minimum absolute atomic E-state index is 0.136. The van der Waals surface area contributed by atoms with Crippen LogP contribution in [0, 0.1) is 6.92 Å². The first-order valence-corrected chi connectivity index (χ1v) is 8.52. The number of carbonyl (C=O) groups excluding carboxylic acids is 1. The number of pyridine rings is 1. The zero-order valence-electron chi connectivity index (χ0n) is 14.0. The molecule has 1 fully saturated rings. The number of likely N-dealkylation sites (tertiary alicyclic amines) is 1. The molecule has 1 unspecified atom stereocenters. The van der Waals surface area contributed by atoms with Gasteiger partial charge in [-0.05, 0) is 49.4 Å². The molecule has 1 aromatic carbocycles. The lowest BCUT2D eigenvalue weighted by Crippen LogP contribution is -2.30. The van der Waals surface area contributed by atoms with E-state index in [1.54, 1.807) is 0 Å². The van der Waals surface area contributed by atoms with Crippen LogP contribution in [0.25, 0.3) is 11.1 Å². The Kier molecular flexibility index (Phi) is 4.75. The molecule has 0 radical (unpaired) electrons. The van der Waals surface area contributed by atoms with Crippen molar-refractivity contribution in [1.82, 2.24) is 9.88 Å². The summed E-state index contributed by atoms with van der Waals surface area (Å²) in [5.41, 5.74) is 4.42. The molecule has 1 atom stereocenters. The quantitative estimate of drug-likeness (QED) is 0.832. The average Bonchev–Trinajstić information content (AvgIpc) is 3.05. The van der Waals surface area contributed by atoms with Gasteiger partial charge < -0.3 is 4.90 Å². The molecule has 3 nitrogen and oxygen atoms in total. The molecule has 0 spiro atoms. The van der Waals surface area contributed by atoms with Crippen LogP contribution in [0.3, 0.4) is 0 Å². The number of amides is 1. The van der Waals surface area contributed by atoms with E-state index in [-0.39, 0.29) is 11.9 Å². The molecule has 120 valence electrons. The first-order valence-electron chi connectivity index (χ1n) is 8.52. The molecule has 0 N–H and O–H groups in total. The van der Waals surface area contributed by atoms with Crippen molar-refractivity contribution in [1.29, 1.82) is 0 Å². The first kappa shape index (κ1) is 15.7. The number of benzene rings is 1. The van der Waals surface area contributed by atoms with Crippen molar-refractivity contribution >= 4 is 5.91 Å². The van der Waals surface area contributed by atoms with Gasteiger partial charge in [0.25, 0.3) is 0 Å². The van der Waals surface area contributed by atoms with Gasteiger partial charge in [0.2, 0.25) is 5.91 Å². The maximum absolute atomic E-state index is 12.4. The molecule has 1 aliphatic heterocycles. The third-order valence-electron chi connectivity index (χ3n) is 4.46. The zero-order valence-corrected chi connectivity index (χ0v) is 14.0. The van der Waals surface area contributed by atoms with Crippen molar-refractivity contribution in [2.24, 2.45) is 0 Å². The Hall–Kier alpha value is -2.16. The molecule has 2 aromatic rings. The fourth-order valence-corrected chi connectivity index (χ4v) is 3.39. The largest absolute Gasteiger partial charge is 0.334 e. The molecule has 1 amide bonds. The van der Waals surface area contributed by atoms with E-state index in [9.17, 15) is 4.79 Å². The van der Waals surface area contributed by atoms with Gasteiger partial charge in [0.15, 0.2) is 0 Å². The lowest BCUT2D eigenvalue weighted by molar-refractivity contribution is -0.132. The highest BCUT2D eigenvalue weighted by Gasteiger charge is 2.30. The van der Waals surface area contributed by atoms with Gasteiger partial charge in [-0.25, -0.2) is 0 Å². The minimum atomic E-state index is 0.136. The predicted molar refractivity (Wildman–Crippen MR) is 93.0 cm³/mol. The molecule has 1 aliphatic rings. The lowest BCUT2D eigenvalue weighted by Gasteiger charge is -2.25. The molecule has 0 aliphatic carbocycles. The van der Waals surface area contributed by atoms with E-state index in [2.05, 4.69) is 43.3 Å². The van der Waals surface area contributed by atoms with Crippen LogP contribution < -0.4 is 0 Å². The van der Waals surface area contributed by atoms with Gasteiger partial charge in [0.1, 0.15) is 0 Å². The van der Waals surface area contributed by atoms with Gasteiger partial charge >= 0.3 is 0 Å². The number of carbonyl (C=O) groups is 1. The molecule has 2 heterocycles. The second kappa shape index (κ2) is 6.95. The summed E-state index contributed by atoms with van der Waals surface area (Å²) in [6.07, 6.45) is 3.61. The molecule has 1 saturated heterocycles. The van der Waals surface area contributed by atoms with Crippen molar-refractivity contribution in [3.05, 3.63) is 53.9 Å². The van der Waals surface area contributed by atoms with Crippen LogP contribution in [0.1, 0.15) is 50.0 Å². The number of aryl methyl sites for hydroxylation is 1. The predicted octanol–water partition coefficient (Wildman–Crippen LogP) is 4.52. The number of hydrogen-bond donors (Lipinski definition) is 0. The van der Waals surface area contributed by atoms with Crippen LogP contribution in [-0.2, 0) is 4.79 Å². The van der Waals surface area contributed by atoms with Crippen LogP contribution in [0.4, 0.5) is 0 Å². The van der Waals surface area contributed by atoms with Crippen LogP contribution in [0.2, 0.25) is 0 Å². The maximum Gasteiger partial charge on any atom is 0.223 e. The van der Waals surface area contributed by atoms with E-state index in [1.165, 1.54) is 11.1 Å². The lowest BCUT2D eigenvalue weighted by atomic mass is 10.0. The van der Waals surface area contributed by atoms with Crippen LogP contribution in [0.5, 0.6) is 0 Å². The highest BCUT2D eigenvalue weighted by Crippen LogP contribution is 2.33. The van der Waals surface area contributed by atoms with Gasteiger partial charge in [-0.3, -0.25) is 9.78 Å². The fraction of sp³-hybridized carbons (Fsp3) is 0.400. The summed E-state index contributed by atoms with van der Waals surface area (Å²) in [5.74, 6) is 0.263. The van der Waals surface area contributed by atoms with E-state index >= 15 is 0 Å². The highest BCUT2D eigenvalue weighted by atomic mass is 16.2. The molecule has 3 rings (SSSR count).